The van der Waals surface area contributed by atoms with Crippen LogP contribution < -0.4 is 5.32 Å². The number of hydrogen-bond donors (Lipinski definition) is 1. The molecule has 0 radical (unpaired) electrons. The fourth-order valence-corrected chi connectivity index (χ4v) is 1.24. The highest BCUT2D eigenvalue weighted by atomic mass is 16.1. The van der Waals surface area contributed by atoms with Gasteiger partial charge in [0.05, 0.1) is 11.2 Å². The maximum Gasteiger partial charge on any atom is 0.217 e. The summed E-state index contributed by atoms with van der Waals surface area (Å²) in [5.74, 6) is -0.0457. The molecule has 1 amide bonds. The summed E-state index contributed by atoms with van der Waals surface area (Å²) in [6, 6.07) is 5.66. The number of nitrogens with zero attached hydrogens (tertiary/aromatic N) is 1. The van der Waals surface area contributed by atoms with Crippen molar-refractivity contribution in [3.05, 3.63) is 30.1 Å². The Bertz CT molecular complexity index is 293. The number of aromatic nitrogens is 1. The number of nitrogens with one attached hydrogen (secondary N) is 1. The summed E-state index contributed by atoms with van der Waals surface area (Å²) < 4.78 is 0. The molecule has 0 aliphatic heterocycles. The molecule has 0 fully saturated rings. The highest BCUT2D eigenvalue weighted by Crippen LogP contribution is 2.16. The molecular formula is C10H14N2O. The van der Waals surface area contributed by atoms with E-state index in [1.54, 1.807) is 6.20 Å². The molecule has 0 saturated carbocycles. The van der Waals surface area contributed by atoms with Gasteiger partial charge in [0.1, 0.15) is 0 Å². The number of carbonyl (C=O) groups is 1. The van der Waals surface area contributed by atoms with E-state index in [0.717, 1.165) is 5.69 Å². The average molecular weight is 178 g/mol. The number of rotatable bonds is 2. The van der Waals surface area contributed by atoms with Crippen molar-refractivity contribution in [3.63, 3.8) is 0 Å². The average Bonchev–Trinajstić information content (AvgIpc) is 2.04. The summed E-state index contributed by atoms with van der Waals surface area (Å²) in [6.45, 7) is 5.36. The van der Waals surface area contributed by atoms with Gasteiger partial charge in [-0.05, 0) is 26.0 Å². The summed E-state index contributed by atoms with van der Waals surface area (Å²) in [7, 11) is 0. The van der Waals surface area contributed by atoms with Crippen molar-refractivity contribution in [1.82, 2.24) is 10.3 Å². The Labute approximate surface area is 78.2 Å². The van der Waals surface area contributed by atoms with E-state index >= 15 is 0 Å². The minimum Gasteiger partial charge on any atom is -0.346 e. The fourth-order valence-electron chi connectivity index (χ4n) is 1.24. The Morgan fingerprint density at radius 1 is 1.46 bits per heavy atom. The molecule has 0 aliphatic rings. The molecule has 1 heterocycles. The molecule has 0 bridgehead atoms. The predicted octanol–water partition coefficient (Wildman–Crippen LogP) is 1.45. The lowest BCUT2D eigenvalue weighted by Gasteiger charge is -2.24. The Hall–Kier alpha value is -1.38. The highest BCUT2D eigenvalue weighted by molar-refractivity contribution is 5.73. The summed E-state index contributed by atoms with van der Waals surface area (Å²) in [6.07, 6.45) is 1.72. The zero-order valence-corrected chi connectivity index (χ0v) is 8.16. The van der Waals surface area contributed by atoms with E-state index in [1.807, 2.05) is 32.0 Å². The zero-order chi connectivity index (χ0) is 9.90. The standard InChI is InChI=1S/C10H14N2O/c1-8(13)12-10(2,3)9-6-4-5-7-11-9/h4-7H,1-3H3,(H,12,13). The molecule has 0 saturated heterocycles. The lowest BCUT2D eigenvalue weighted by molar-refractivity contribution is -0.120. The van der Waals surface area contributed by atoms with Crippen LogP contribution in [0.4, 0.5) is 0 Å². The van der Waals surface area contributed by atoms with Gasteiger partial charge in [-0.15, -0.1) is 0 Å². The molecule has 13 heavy (non-hydrogen) atoms. The van der Waals surface area contributed by atoms with Gasteiger partial charge >= 0.3 is 0 Å². The molecule has 70 valence electrons. The summed E-state index contributed by atoms with van der Waals surface area (Å²) in [4.78, 5) is 15.1. The van der Waals surface area contributed by atoms with Crippen LogP contribution in [0.2, 0.25) is 0 Å². The van der Waals surface area contributed by atoms with Gasteiger partial charge in [-0.2, -0.15) is 0 Å². The molecule has 1 aromatic heterocycles. The second-order valence-electron chi connectivity index (χ2n) is 3.52. The van der Waals surface area contributed by atoms with Gasteiger partial charge in [0, 0.05) is 13.1 Å². The summed E-state index contributed by atoms with van der Waals surface area (Å²) >= 11 is 0. The second kappa shape index (κ2) is 3.56. The zero-order valence-electron chi connectivity index (χ0n) is 8.16. The Morgan fingerprint density at radius 3 is 2.62 bits per heavy atom. The van der Waals surface area contributed by atoms with Gasteiger partial charge in [-0.25, -0.2) is 0 Å². The fraction of sp³-hybridized carbons (Fsp3) is 0.400. The molecule has 0 aliphatic carbocycles. The number of hydrogen-bond acceptors (Lipinski definition) is 2. The van der Waals surface area contributed by atoms with Crippen molar-refractivity contribution in [3.8, 4) is 0 Å². The third kappa shape index (κ3) is 2.54. The van der Waals surface area contributed by atoms with Crippen molar-refractivity contribution in [2.45, 2.75) is 26.3 Å². The molecule has 0 atom stereocenters. The van der Waals surface area contributed by atoms with Crippen LogP contribution in [-0.4, -0.2) is 10.9 Å². The van der Waals surface area contributed by atoms with Gasteiger partial charge in [0.2, 0.25) is 5.91 Å². The molecule has 1 rings (SSSR count). The molecule has 3 heteroatoms. The molecule has 3 nitrogen and oxygen atoms in total. The number of amides is 1. The van der Waals surface area contributed by atoms with Crippen LogP contribution in [-0.2, 0) is 10.3 Å². The lowest BCUT2D eigenvalue weighted by Crippen LogP contribution is -2.40. The van der Waals surface area contributed by atoms with Gasteiger partial charge in [-0.1, -0.05) is 6.07 Å². The van der Waals surface area contributed by atoms with Crippen LogP contribution in [0.3, 0.4) is 0 Å². The van der Waals surface area contributed by atoms with Crippen LogP contribution >= 0.6 is 0 Å². The third-order valence-corrected chi connectivity index (χ3v) is 1.79. The minimum atomic E-state index is -0.396. The van der Waals surface area contributed by atoms with E-state index in [1.165, 1.54) is 6.92 Å². The number of pyridine rings is 1. The predicted molar refractivity (Wildman–Crippen MR) is 51.1 cm³/mol. The summed E-state index contributed by atoms with van der Waals surface area (Å²) in [5.41, 5.74) is 0.470. The third-order valence-electron chi connectivity index (χ3n) is 1.79. The summed E-state index contributed by atoms with van der Waals surface area (Å²) in [5, 5.41) is 2.83. The Balaban J connectivity index is 2.87. The Kier molecular flexibility index (Phi) is 2.66. The van der Waals surface area contributed by atoms with E-state index in [2.05, 4.69) is 10.3 Å². The van der Waals surface area contributed by atoms with E-state index in [-0.39, 0.29) is 5.91 Å². The first-order valence-corrected chi connectivity index (χ1v) is 4.22. The topological polar surface area (TPSA) is 42.0 Å². The van der Waals surface area contributed by atoms with Crippen LogP contribution in [0.15, 0.2) is 24.4 Å². The van der Waals surface area contributed by atoms with Gasteiger partial charge in [0.25, 0.3) is 0 Å². The quantitative estimate of drug-likeness (QED) is 0.744. The first-order valence-electron chi connectivity index (χ1n) is 4.22. The molecular weight excluding hydrogens is 164 g/mol. The highest BCUT2D eigenvalue weighted by Gasteiger charge is 2.21. The van der Waals surface area contributed by atoms with E-state index in [0.29, 0.717) is 0 Å². The Morgan fingerprint density at radius 2 is 2.15 bits per heavy atom. The van der Waals surface area contributed by atoms with Gasteiger partial charge in [0.15, 0.2) is 0 Å². The molecule has 0 spiro atoms. The van der Waals surface area contributed by atoms with E-state index < -0.39 is 5.54 Å². The van der Waals surface area contributed by atoms with Gasteiger partial charge < -0.3 is 5.32 Å². The van der Waals surface area contributed by atoms with E-state index in [4.69, 9.17) is 0 Å². The van der Waals surface area contributed by atoms with Crippen LogP contribution in [0.5, 0.6) is 0 Å². The van der Waals surface area contributed by atoms with Gasteiger partial charge in [-0.3, -0.25) is 9.78 Å². The largest absolute Gasteiger partial charge is 0.346 e. The molecule has 0 aromatic carbocycles. The SMILES string of the molecule is CC(=O)NC(C)(C)c1ccccn1. The first kappa shape index (κ1) is 9.71. The lowest BCUT2D eigenvalue weighted by atomic mass is 10.00. The molecule has 1 N–H and O–H groups in total. The van der Waals surface area contributed by atoms with Crippen molar-refractivity contribution in [2.24, 2.45) is 0 Å². The normalized spacial score (nSPS) is 11.0. The molecule has 0 unspecified atom stereocenters. The van der Waals surface area contributed by atoms with Crippen molar-refractivity contribution >= 4 is 5.91 Å². The maximum absolute atomic E-state index is 10.9. The smallest absolute Gasteiger partial charge is 0.217 e. The van der Waals surface area contributed by atoms with Crippen molar-refractivity contribution in [2.75, 3.05) is 0 Å². The van der Waals surface area contributed by atoms with Crippen molar-refractivity contribution < 1.29 is 4.79 Å². The molecule has 1 aromatic rings. The second-order valence-corrected chi connectivity index (χ2v) is 3.52. The van der Waals surface area contributed by atoms with Crippen LogP contribution in [0, 0.1) is 0 Å². The van der Waals surface area contributed by atoms with Crippen LogP contribution in [0.1, 0.15) is 26.5 Å². The van der Waals surface area contributed by atoms with Crippen LogP contribution in [0.25, 0.3) is 0 Å². The van der Waals surface area contributed by atoms with E-state index in [9.17, 15) is 4.79 Å². The monoisotopic (exact) mass is 178 g/mol. The number of carbonyl (C=O) groups excluding carboxylic acids is 1. The first-order chi connectivity index (χ1) is 6.02. The minimum absolute atomic E-state index is 0.0457. The maximum atomic E-state index is 10.9. The van der Waals surface area contributed by atoms with Crippen molar-refractivity contribution in [1.29, 1.82) is 0 Å².